The van der Waals surface area contributed by atoms with Crippen molar-refractivity contribution in [2.45, 2.75) is 19.2 Å². The van der Waals surface area contributed by atoms with Crippen LogP contribution in [0.15, 0.2) is 42.5 Å². The number of carbonyl (C=O) groups excluding carboxylic acids is 1. The van der Waals surface area contributed by atoms with Crippen molar-refractivity contribution in [3.63, 3.8) is 0 Å². The van der Waals surface area contributed by atoms with E-state index >= 15 is 0 Å². The van der Waals surface area contributed by atoms with Gasteiger partial charge in [-0.25, -0.2) is 0 Å². The van der Waals surface area contributed by atoms with Gasteiger partial charge < -0.3 is 14.8 Å². The predicted molar refractivity (Wildman–Crippen MR) is 98.7 cm³/mol. The van der Waals surface area contributed by atoms with Gasteiger partial charge in [-0.1, -0.05) is 29.8 Å². The molecule has 24 heavy (non-hydrogen) atoms. The normalized spacial score (nSPS) is 10.3. The number of amides is 1. The van der Waals surface area contributed by atoms with Gasteiger partial charge >= 0.3 is 0 Å². The van der Waals surface area contributed by atoms with Crippen LogP contribution in [0.3, 0.4) is 0 Å². The van der Waals surface area contributed by atoms with Gasteiger partial charge in [-0.15, -0.1) is 11.8 Å². The van der Waals surface area contributed by atoms with Crippen molar-refractivity contribution < 1.29 is 14.3 Å². The number of hydrogen-bond acceptors (Lipinski definition) is 4. The maximum absolute atomic E-state index is 12.0. The van der Waals surface area contributed by atoms with Crippen LogP contribution in [0, 0.1) is 6.92 Å². The zero-order chi connectivity index (χ0) is 17.4. The number of nitrogens with one attached hydrogen (secondary N) is 1. The Morgan fingerprint density at radius 1 is 1.12 bits per heavy atom. The van der Waals surface area contributed by atoms with E-state index in [0.29, 0.717) is 18.0 Å². The highest BCUT2D eigenvalue weighted by atomic mass is 32.2. The Balaban J connectivity index is 1.79. The van der Waals surface area contributed by atoms with E-state index in [2.05, 4.69) is 30.4 Å². The number of benzene rings is 2. The summed E-state index contributed by atoms with van der Waals surface area (Å²) in [5, 5.41) is 2.93. The third-order valence-electron chi connectivity index (χ3n) is 3.55. The summed E-state index contributed by atoms with van der Waals surface area (Å²) < 4.78 is 10.5. The SMILES string of the molecule is COc1ccc(CNC(=O)CSCc2cccc(C)c2)c(OC)c1. The first-order valence-electron chi connectivity index (χ1n) is 7.73. The van der Waals surface area contributed by atoms with Crippen LogP contribution in [-0.2, 0) is 17.1 Å². The lowest BCUT2D eigenvalue weighted by Crippen LogP contribution is -2.24. The first-order valence-corrected chi connectivity index (χ1v) is 8.88. The molecule has 5 heteroatoms. The number of ether oxygens (including phenoxy) is 2. The van der Waals surface area contributed by atoms with Crippen LogP contribution >= 0.6 is 11.8 Å². The molecule has 0 bridgehead atoms. The number of aryl methyl sites for hydroxylation is 1. The van der Waals surface area contributed by atoms with Crippen molar-refractivity contribution in [3.8, 4) is 11.5 Å². The molecule has 0 heterocycles. The summed E-state index contributed by atoms with van der Waals surface area (Å²) in [5.74, 6) is 2.73. The molecule has 2 rings (SSSR count). The summed E-state index contributed by atoms with van der Waals surface area (Å²) in [6, 6.07) is 13.9. The van der Waals surface area contributed by atoms with Gasteiger partial charge in [-0.05, 0) is 24.6 Å². The zero-order valence-electron chi connectivity index (χ0n) is 14.3. The summed E-state index contributed by atoms with van der Waals surface area (Å²) >= 11 is 1.61. The highest BCUT2D eigenvalue weighted by Crippen LogP contribution is 2.24. The Morgan fingerprint density at radius 2 is 1.96 bits per heavy atom. The molecule has 0 atom stereocenters. The highest BCUT2D eigenvalue weighted by molar-refractivity contribution is 7.99. The van der Waals surface area contributed by atoms with Gasteiger partial charge in [0.15, 0.2) is 0 Å². The minimum absolute atomic E-state index is 0.0190. The standard InChI is InChI=1S/C19H23NO3S/c1-14-5-4-6-15(9-14)12-24-13-19(21)20-11-16-7-8-17(22-2)10-18(16)23-3/h4-10H,11-13H2,1-3H3,(H,20,21). The average Bonchev–Trinajstić information content (AvgIpc) is 2.60. The molecule has 0 fully saturated rings. The van der Waals surface area contributed by atoms with Crippen LogP contribution in [0.25, 0.3) is 0 Å². The molecule has 0 aliphatic rings. The number of rotatable bonds is 8. The maximum Gasteiger partial charge on any atom is 0.230 e. The van der Waals surface area contributed by atoms with Crippen molar-refractivity contribution in [2.75, 3.05) is 20.0 Å². The van der Waals surface area contributed by atoms with Crippen molar-refractivity contribution in [3.05, 3.63) is 59.2 Å². The second-order valence-corrected chi connectivity index (χ2v) is 6.42. The van der Waals surface area contributed by atoms with Gasteiger partial charge in [0, 0.05) is 23.9 Å². The molecule has 0 unspecified atom stereocenters. The quantitative estimate of drug-likeness (QED) is 0.795. The number of carbonyl (C=O) groups is 1. The van der Waals surface area contributed by atoms with Crippen LogP contribution in [0.2, 0.25) is 0 Å². The minimum Gasteiger partial charge on any atom is -0.497 e. The van der Waals surface area contributed by atoms with E-state index in [1.54, 1.807) is 26.0 Å². The molecule has 0 spiro atoms. The van der Waals surface area contributed by atoms with Gasteiger partial charge in [0.2, 0.25) is 5.91 Å². The van der Waals surface area contributed by atoms with E-state index in [9.17, 15) is 4.79 Å². The summed E-state index contributed by atoms with van der Waals surface area (Å²) in [7, 11) is 3.22. The molecule has 4 nitrogen and oxygen atoms in total. The Labute approximate surface area is 147 Å². The molecule has 0 saturated heterocycles. The predicted octanol–water partition coefficient (Wildman–Crippen LogP) is 3.56. The highest BCUT2D eigenvalue weighted by Gasteiger charge is 2.07. The van der Waals surface area contributed by atoms with Crippen molar-refractivity contribution in [2.24, 2.45) is 0 Å². The van der Waals surface area contributed by atoms with Gasteiger partial charge in [0.05, 0.1) is 20.0 Å². The fourth-order valence-corrected chi connectivity index (χ4v) is 3.11. The smallest absolute Gasteiger partial charge is 0.230 e. The molecule has 1 N–H and O–H groups in total. The lowest BCUT2D eigenvalue weighted by Gasteiger charge is -2.11. The zero-order valence-corrected chi connectivity index (χ0v) is 15.1. The van der Waals surface area contributed by atoms with Crippen LogP contribution < -0.4 is 14.8 Å². The summed E-state index contributed by atoms with van der Waals surface area (Å²) in [6.45, 7) is 2.51. The number of methoxy groups -OCH3 is 2. The van der Waals surface area contributed by atoms with Crippen LogP contribution in [0.5, 0.6) is 11.5 Å². The summed E-state index contributed by atoms with van der Waals surface area (Å²) in [5.41, 5.74) is 3.41. The molecule has 0 aromatic heterocycles. The molecular weight excluding hydrogens is 322 g/mol. The third-order valence-corrected chi connectivity index (χ3v) is 4.56. The Bertz CT molecular complexity index is 688. The molecule has 1 amide bonds. The monoisotopic (exact) mass is 345 g/mol. The van der Waals surface area contributed by atoms with E-state index in [1.165, 1.54) is 11.1 Å². The van der Waals surface area contributed by atoms with Crippen LogP contribution in [0.4, 0.5) is 0 Å². The topological polar surface area (TPSA) is 47.6 Å². The van der Waals surface area contributed by atoms with Crippen LogP contribution in [-0.4, -0.2) is 25.9 Å². The molecular formula is C19H23NO3S. The first-order chi connectivity index (χ1) is 11.6. The first kappa shape index (κ1) is 18.2. The molecule has 128 valence electrons. The minimum atomic E-state index is 0.0190. The second-order valence-electron chi connectivity index (χ2n) is 5.44. The second kappa shape index (κ2) is 9.23. The summed E-state index contributed by atoms with van der Waals surface area (Å²) in [4.78, 5) is 12.0. The van der Waals surface area contributed by atoms with Gasteiger partial charge in [0.1, 0.15) is 11.5 Å². The van der Waals surface area contributed by atoms with Gasteiger partial charge in [-0.2, -0.15) is 0 Å². The Morgan fingerprint density at radius 3 is 2.67 bits per heavy atom. The average molecular weight is 345 g/mol. The van der Waals surface area contributed by atoms with E-state index < -0.39 is 0 Å². The third kappa shape index (κ3) is 5.49. The molecule has 0 aliphatic carbocycles. The summed E-state index contributed by atoms with van der Waals surface area (Å²) in [6.07, 6.45) is 0. The van der Waals surface area contributed by atoms with Crippen molar-refractivity contribution in [1.29, 1.82) is 0 Å². The van der Waals surface area contributed by atoms with Crippen molar-refractivity contribution in [1.82, 2.24) is 5.32 Å². The molecule has 2 aromatic rings. The molecule has 0 radical (unpaired) electrons. The molecule has 2 aromatic carbocycles. The van der Waals surface area contributed by atoms with E-state index in [-0.39, 0.29) is 5.91 Å². The Hall–Kier alpha value is -2.14. The Kier molecular flexibility index (Phi) is 7.00. The lowest BCUT2D eigenvalue weighted by molar-refractivity contribution is -0.118. The van der Waals surface area contributed by atoms with Crippen LogP contribution in [0.1, 0.15) is 16.7 Å². The lowest BCUT2D eigenvalue weighted by atomic mass is 10.2. The van der Waals surface area contributed by atoms with E-state index in [1.807, 2.05) is 24.3 Å². The van der Waals surface area contributed by atoms with Gasteiger partial charge in [-0.3, -0.25) is 4.79 Å². The largest absolute Gasteiger partial charge is 0.497 e. The molecule has 0 saturated carbocycles. The number of thioether (sulfide) groups is 1. The number of hydrogen-bond donors (Lipinski definition) is 1. The van der Waals surface area contributed by atoms with Gasteiger partial charge in [0.25, 0.3) is 0 Å². The fourth-order valence-electron chi connectivity index (χ4n) is 2.31. The maximum atomic E-state index is 12.0. The molecule has 0 aliphatic heterocycles. The van der Waals surface area contributed by atoms with E-state index in [0.717, 1.165) is 17.1 Å². The fraction of sp³-hybridized carbons (Fsp3) is 0.316. The van der Waals surface area contributed by atoms with E-state index in [4.69, 9.17) is 9.47 Å². The van der Waals surface area contributed by atoms with Crippen molar-refractivity contribution >= 4 is 17.7 Å².